The number of ether oxygens (including phenoxy) is 1. The smallest absolute Gasteiger partial charge is 0.0552 e. The van der Waals surface area contributed by atoms with Crippen LogP contribution in [0.25, 0.3) is 0 Å². The molecule has 0 radical (unpaired) electrons. The Hall–Kier alpha value is -0.0800. The maximum atomic E-state index is 5.72. The van der Waals surface area contributed by atoms with Crippen LogP contribution in [0, 0.1) is 16.7 Å². The number of rotatable bonds is 2. The van der Waals surface area contributed by atoms with Gasteiger partial charge in [-0.25, -0.2) is 0 Å². The van der Waals surface area contributed by atoms with Crippen molar-refractivity contribution in [2.24, 2.45) is 16.7 Å². The molecule has 2 fully saturated rings. The van der Waals surface area contributed by atoms with Gasteiger partial charge in [0.1, 0.15) is 0 Å². The van der Waals surface area contributed by atoms with Crippen molar-refractivity contribution in [1.29, 1.82) is 0 Å². The van der Waals surface area contributed by atoms with Gasteiger partial charge in [-0.15, -0.1) is 0 Å². The zero-order chi connectivity index (χ0) is 12.9. The molecule has 1 N–H and O–H groups in total. The first-order chi connectivity index (χ1) is 7.69. The van der Waals surface area contributed by atoms with E-state index < -0.39 is 0 Å². The van der Waals surface area contributed by atoms with Gasteiger partial charge in [0, 0.05) is 12.1 Å². The second kappa shape index (κ2) is 3.96. The Morgan fingerprint density at radius 3 is 2.47 bits per heavy atom. The zero-order valence-electron chi connectivity index (χ0n) is 12.4. The van der Waals surface area contributed by atoms with Crippen LogP contribution in [0.15, 0.2) is 0 Å². The first kappa shape index (κ1) is 13.4. The topological polar surface area (TPSA) is 21.3 Å². The second-order valence-electron chi connectivity index (χ2n) is 7.70. The van der Waals surface area contributed by atoms with Crippen molar-refractivity contribution < 1.29 is 4.74 Å². The fraction of sp³-hybridized carbons (Fsp3) is 1.00. The van der Waals surface area contributed by atoms with Gasteiger partial charge in [-0.05, 0) is 63.8 Å². The van der Waals surface area contributed by atoms with Crippen molar-refractivity contribution in [3.05, 3.63) is 0 Å². The van der Waals surface area contributed by atoms with Gasteiger partial charge in [-0.1, -0.05) is 13.8 Å². The number of nitrogens with one attached hydrogen (secondary N) is 1. The summed E-state index contributed by atoms with van der Waals surface area (Å²) in [6, 6.07) is 0. The van der Waals surface area contributed by atoms with Gasteiger partial charge >= 0.3 is 0 Å². The summed E-state index contributed by atoms with van der Waals surface area (Å²) in [5, 5.41) is 3.69. The van der Waals surface area contributed by atoms with E-state index in [9.17, 15) is 0 Å². The Labute approximate surface area is 107 Å². The summed E-state index contributed by atoms with van der Waals surface area (Å²) < 4.78 is 5.72. The molecule has 3 atom stereocenters. The molecule has 0 aromatic carbocycles. The maximum Gasteiger partial charge on any atom is 0.0552 e. The Bertz CT molecular complexity index is 292. The van der Waals surface area contributed by atoms with E-state index in [0.29, 0.717) is 16.9 Å². The molecule has 1 saturated carbocycles. The molecule has 1 saturated heterocycles. The third kappa shape index (κ3) is 2.26. The summed E-state index contributed by atoms with van der Waals surface area (Å²) in [6.45, 7) is 16.0. The molecule has 2 rings (SSSR count). The molecule has 0 bridgehead atoms. The van der Waals surface area contributed by atoms with E-state index in [-0.39, 0.29) is 5.54 Å². The van der Waals surface area contributed by atoms with Crippen LogP contribution in [0.3, 0.4) is 0 Å². The van der Waals surface area contributed by atoms with Gasteiger partial charge in [-0.3, -0.25) is 0 Å². The zero-order valence-corrected chi connectivity index (χ0v) is 12.4. The van der Waals surface area contributed by atoms with Crippen LogP contribution in [-0.4, -0.2) is 24.8 Å². The first-order valence-electron chi connectivity index (χ1n) is 7.06. The van der Waals surface area contributed by atoms with E-state index in [1.165, 1.54) is 12.8 Å². The average molecular weight is 239 g/mol. The van der Waals surface area contributed by atoms with Gasteiger partial charge < -0.3 is 10.1 Å². The lowest BCUT2D eigenvalue weighted by atomic mass is 9.85. The SMILES string of the molecule is CC1CC2(CCO1)C(CNC(C)(C)C)C2(C)C. The van der Waals surface area contributed by atoms with Crippen molar-refractivity contribution in [3.63, 3.8) is 0 Å². The summed E-state index contributed by atoms with van der Waals surface area (Å²) in [6.07, 6.45) is 2.94. The highest BCUT2D eigenvalue weighted by Crippen LogP contribution is 2.73. The van der Waals surface area contributed by atoms with Crippen LogP contribution in [-0.2, 0) is 4.74 Å². The lowest BCUT2D eigenvalue weighted by Gasteiger charge is -2.31. The van der Waals surface area contributed by atoms with E-state index in [2.05, 4.69) is 46.9 Å². The molecule has 3 unspecified atom stereocenters. The Morgan fingerprint density at radius 1 is 1.29 bits per heavy atom. The molecule has 1 aliphatic carbocycles. The molecule has 1 aliphatic heterocycles. The highest BCUT2D eigenvalue weighted by Gasteiger charge is 2.70. The van der Waals surface area contributed by atoms with Crippen molar-refractivity contribution >= 4 is 0 Å². The van der Waals surface area contributed by atoms with Crippen molar-refractivity contribution in [2.45, 2.75) is 66.0 Å². The van der Waals surface area contributed by atoms with Gasteiger partial charge in [-0.2, -0.15) is 0 Å². The minimum absolute atomic E-state index is 0.233. The number of hydrogen-bond acceptors (Lipinski definition) is 2. The second-order valence-corrected chi connectivity index (χ2v) is 7.70. The van der Waals surface area contributed by atoms with E-state index in [4.69, 9.17) is 4.74 Å². The molecule has 0 amide bonds. The van der Waals surface area contributed by atoms with E-state index in [0.717, 1.165) is 19.1 Å². The molecular formula is C15H29NO. The van der Waals surface area contributed by atoms with Crippen LogP contribution in [0.1, 0.15) is 54.4 Å². The average Bonchev–Trinajstić information content (AvgIpc) is 2.57. The Kier molecular flexibility index (Phi) is 3.11. The van der Waals surface area contributed by atoms with E-state index in [1.54, 1.807) is 0 Å². The van der Waals surface area contributed by atoms with Crippen LogP contribution in [0.5, 0.6) is 0 Å². The lowest BCUT2D eigenvalue weighted by molar-refractivity contribution is -0.0177. The van der Waals surface area contributed by atoms with Crippen molar-refractivity contribution in [2.75, 3.05) is 13.2 Å². The molecule has 2 aliphatic rings. The van der Waals surface area contributed by atoms with Gasteiger partial charge in [0.25, 0.3) is 0 Å². The molecule has 2 nitrogen and oxygen atoms in total. The molecule has 1 spiro atoms. The predicted molar refractivity (Wildman–Crippen MR) is 72.1 cm³/mol. The third-order valence-electron chi connectivity index (χ3n) is 5.18. The van der Waals surface area contributed by atoms with Crippen LogP contribution in [0.2, 0.25) is 0 Å². The van der Waals surface area contributed by atoms with Crippen LogP contribution in [0.4, 0.5) is 0 Å². The molecule has 1 heterocycles. The lowest BCUT2D eigenvalue weighted by Crippen LogP contribution is -2.38. The first-order valence-corrected chi connectivity index (χ1v) is 7.06. The fourth-order valence-electron chi connectivity index (χ4n) is 3.94. The Balaban J connectivity index is 2.00. The monoisotopic (exact) mass is 239 g/mol. The summed E-state index contributed by atoms with van der Waals surface area (Å²) in [7, 11) is 0. The fourth-order valence-corrected chi connectivity index (χ4v) is 3.94. The molecule has 0 aromatic heterocycles. The standard InChI is InChI=1S/C15H29NO/c1-11-9-15(7-8-17-11)12(14(15,5)6)10-16-13(2,3)4/h11-12,16H,7-10H2,1-6H3. The van der Waals surface area contributed by atoms with Gasteiger partial charge in [0.05, 0.1) is 6.10 Å². The van der Waals surface area contributed by atoms with Crippen LogP contribution < -0.4 is 5.32 Å². The molecule has 17 heavy (non-hydrogen) atoms. The Morgan fingerprint density at radius 2 is 1.94 bits per heavy atom. The minimum Gasteiger partial charge on any atom is -0.378 e. The predicted octanol–water partition coefficient (Wildman–Crippen LogP) is 3.22. The normalized spacial score (nSPS) is 40.6. The van der Waals surface area contributed by atoms with E-state index >= 15 is 0 Å². The summed E-state index contributed by atoms with van der Waals surface area (Å²) in [4.78, 5) is 0. The van der Waals surface area contributed by atoms with Crippen molar-refractivity contribution in [3.8, 4) is 0 Å². The largest absolute Gasteiger partial charge is 0.378 e. The molecule has 0 aromatic rings. The molecular weight excluding hydrogens is 210 g/mol. The van der Waals surface area contributed by atoms with Gasteiger partial charge in [0.15, 0.2) is 0 Å². The molecule has 2 heteroatoms. The highest BCUT2D eigenvalue weighted by molar-refractivity contribution is 5.19. The third-order valence-corrected chi connectivity index (χ3v) is 5.18. The van der Waals surface area contributed by atoms with Crippen LogP contribution >= 0.6 is 0 Å². The molecule has 100 valence electrons. The van der Waals surface area contributed by atoms with E-state index in [1.807, 2.05) is 0 Å². The minimum atomic E-state index is 0.233. The summed E-state index contributed by atoms with van der Waals surface area (Å²) in [5.41, 5.74) is 1.27. The quantitative estimate of drug-likeness (QED) is 0.799. The van der Waals surface area contributed by atoms with Gasteiger partial charge in [0.2, 0.25) is 0 Å². The summed E-state index contributed by atoms with van der Waals surface area (Å²) in [5.74, 6) is 0.820. The summed E-state index contributed by atoms with van der Waals surface area (Å²) >= 11 is 0. The maximum absolute atomic E-state index is 5.72. The van der Waals surface area contributed by atoms with Crippen molar-refractivity contribution in [1.82, 2.24) is 5.32 Å². The highest BCUT2D eigenvalue weighted by atomic mass is 16.5. The number of hydrogen-bond donors (Lipinski definition) is 1.